The summed E-state index contributed by atoms with van der Waals surface area (Å²) in [5.74, 6) is 6.32. The smallest absolute Gasteiger partial charge is 0.429 e. The third-order valence-corrected chi connectivity index (χ3v) is 8.67. The highest BCUT2D eigenvalue weighted by molar-refractivity contribution is 5.96. The normalized spacial score (nSPS) is 14.5. The van der Waals surface area contributed by atoms with Crippen LogP contribution in [0.2, 0.25) is 0 Å². The number of carbonyl (C=O) groups is 2. The zero-order chi connectivity index (χ0) is 36.7. The summed E-state index contributed by atoms with van der Waals surface area (Å²) in [4.78, 5) is 30.9. The summed E-state index contributed by atoms with van der Waals surface area (Å²) in [6.45, 7) is 16.8. The second-order valence-electron chi connectivity index (χ2n) is 15.2. The highest BCUT2D eigenvalue weighted by Gasteiger charge is 2.41. The first kappa shape index (κ1) is 35.3. The maximum atomic E-state index is 13.0. The van der Waals surface area contributed by atoms with Gasteiger partial charge in [0, 0.05) is 28.3 Å². The number of amides is 2. The van der Waals surface area contributed by atoms with Gasteiger partial charge in [-0.3, -0.25) is 0 Å². The highest BCUT2D eigenvalue weighted by Crippen LogP contribution is 2.42. The van der Waals surface area contributed by atoms with Crippen LogP contribution in [0.4, 0.5) is 9.59 Å². The fourth-order valence-electron chi connectivity index (χ4n) is 6.25. The lowest BCUT2D eigenvalue weighted by Gasteiger charge is -2.43. The van der Waals surface area contributed by atoms with Crippen molar-refractivity contribution in [2.45, 2.75) is 84.5 Å². The van der Waals surface area contributed by atoms with Gasteiger partial charge in [0.15, 0.2) is 5.65 Å². The number of rotatable bonds is 7. The van der Waals surface area contributed by atoms with Gasteiger partial charge in [-0.05, 0) is 97.1 Å². The number of aromatic nitrogens is 3. The predicted molar refractivity (Wildman–Crippen MR) is 201 cm³/mol. The van der Waals surface area contributed by atoms with Crippen molar-refractivity contribution in [2.75, 3.05) is 0 Å². The molecule has 1 saturated carbocycles. The molecule has 2 aromatic heterocycles. The number of hydrazine groups is 1. The second-order valence-corrected chi connectivity index (χ2v) is 15.2. The van der Waals surface area contributed by atoms with Crippen LogP contribution in [-0.4, -0.2) is 43.0 Å². The number of benzene rings is 3. The minimum absolute atomic E-state index is 0.410. The molecule has 10 nitrogen and oxygen atoms in total. The molecular weight excluding hydrogens is 640 g/mol. The van der Waals surface area contributed by atoms with Crippen LogP contribution in [0, 0.1) is 0 Å². The molecule has 5 aromatic rings. The average molecular weight is 687 g/mol. The topological polar surface area (TPSA) is 124 Å². The van der Waals surface area contributed by atoms with Crippen LogP contribution in [0.25, 0.3) is 44.6 Å². The minimum atomic E-state index is -0.718. The largest absolute Gasteiger partial charge is 0.444 e. The van der Waals surface area contributed by atoms with Crippen LogP contribution in [0.3, 0.4) is 0 Å². The Morgan fingerprint density at radius 3 is 2.20 bits per heavy atom. The number of carbonyl (C=O) groups excluding carboxylic acids is 2. The van der Waals surface area contributed by atoms with Gasteiger partial charge < -0.3 is 14.8 Å². The summed E-state index contributed by atoms with van der Waals surface area (Å²) in [7, 11) is 0. The van der Waals surface area contributed by atoms with E-state index in [4.69, 9.17) is 25.4 Å². The van der Waals surface area contributed by atoms with Crippen LogP contribution in [0.15, 0.2) is 97.2 Å². The van der Waals surface area contributed by atoms with Gasteiger partial charge in [-0.1, -0.05) is 72.8 Å². The number of nitrogens with one attached hydrogen (secondary N) is 1. The van der Waals surface area contributed by atoms with Gasteiger partial charge >= 0.3 is 12.2 Å². The zero-order valence-electron chi connectivity index (χ0n) is 30.4. The molecule has 3 aromatic carbocycles. The SMILES string of the molecule is C=C(C)/C=C(/c1ccc2c(c1)nn1cc(-c3ccccc3)c(-c3ccc(C4(NC(=O)OC(C)(C)C)CCC4)cc3)nc21)N(N)C(=O)OC(C)(C)C. The van der Waals surface area contributed by atoms with Gasteiger partial charge in [0.2, 0.25) is 0 Å². The molecule has 10 heteroatoms. The summed E-state index contributed by atoms with van der Waals surface area (Å²) in [5, 5.41) is 9.90. The number of hydrogen-bond acceptors (Lipinski definition) is 7. The molecule has 1 aliphatic carbocycles. The molecule has 0 unspecified atom stereocenters. The van der Waals surface area contributed by atoms with Gasteiger partial charge in [-0.25, -0.2) is 29.9 Å². The summed E-state index contributed by atoms with van der Waals surface area (Å²) in [6.07, 6.45) is 5.36. The molecule has 3 N–H and O–H groups in total. The maximum absolute atomic E-state index is 13.0. The summed E-state index contributed by atoms with van der Waals surface area (Å²) in [6, 6.07) is 24.1. The van der Waals surface area contributed by atoms with E-state index in [9.17, 15) is 9.59 Å². The molecule has 51 heavy (non-hydrogen) atoms. The number of nitrogens with zero attached hydrogens (tertiary/aromatic N) is 4. The molecule has 2 amide bonds. The number of ether oxygens (including phenoxy) is 2. The molecule has 0 spiro atoms. The van der Waals surface area contributed by atoms with E-state index in [2.05, 4.69) is 48.3 Å². The molecule has 6 rings (SSSR count). The van der Waals surface area contributed by atoms with E-state index in [1.165, 1.54) is 0 Å². The van der Waals surface area contributed by atoms with Crippen molar-refractivity contribution in [2.24, 2.45) is 5.84 Å². The Morgan fingerprint density at radius 2 is 1.61 bits per heavy atom. The first-order chi connectivity index (χ1) is 24.0. The van der Waals surface area contributed by atoms with Crippen molar-refractivity contribution >= 4 is 34.4 Å². The van der Waals surface area contributed by atoms with E-state index >= 15 is 0 Å². The lowest BCUT2D eigenvalue weighted by Crippen LogP contribution is -2.52. The molecule has 1 fully saturated rings. The van der Waals surface area contributed by atoms with Crippen LogP contribution in [-0.2, 0) is 15.0 Å². The Kier molecular flexibility index (Phi) is 9.24. The second kappa shape index (κ2) is 13.3. The third kappa shape index (κ3) is 7.66. The Balaban J connectivity index is 1.41. The molecule has 1 aliphatic rings. The molecule has 0 atom stereocenters. The van der Waals surface area contributed by atoms with E-state index in [0.717, 1.165) is 57.6 Å². The number of hydrogen-bond donors (Lipinski definition) is 2. The van der Waals surface area contributed by atoms with Gasteiger partial charge in [0.25, 0.3) is 0 Å². The van der Waals surface area contributed by atoms with Crippen LogP contribution in [0.5, 0.6) is 0 Å². The first-order valence-electron chi connectivity index (χ1n) is 17.2. The van der Waals surface area contributed by atoms with Crippen LogP contribution < -0.4 is 11.2 Å². The average Bonchev–Trinajstić information content (AvgIpc) is 3.40. The van der Waals surface area contributed by atoms with Gasteiger partial charge in [-0.2, -0.15) is 5.10 Å². The molecule has 2 heterocycles. The maximum Gasteiger partial charge on any atom is 0.429 e. The van der Waals surface area contributed by atoms with E-state index in [1.807, 2.05) is 70.3 Å². The summed E-state index contributed by atoms with van der Waals surface area (Å²) in [5.41, 5.74) is 6.10. The van der Waals surface area contributed by atoms with E-state index < -0.39 is 28.9 Å². The Morgan fingerprint density at radius 1 is 0.941 bits per heavy atom. The Bertz CT molecular complexity index is 2150. The summed E-state index contributed by atoms with van der Waals surface area (Å²) < 4.78 is 12.9. The Hall–Kier alpha value is -5.48. The van der Waals surface area contributed by atoms with Crippen LogP contribution >= 0.6 is 0 Å². The van der Waals surface area contributed by atoms with Crippen molar-refractivity contribution in [1.29, 1.82) is 0 Å². The van der Waals surface area contributed by atoms with Gasteiger partial charge in [-0.15, -0.1) is 0 Å². The summed E-state index contributed by atoms with van der Waals surface area (Å²) >= 11 is 0. The monoisotopic (exact) mass is 686 g/mol. The molecule has 0 bridgehead atoms. The van der Waals surface area contributed by atoms with Crippen molar-refractivity contribution in [3.63, 3.8) is 0 Å². The van der Waals surface area contributed by atoms with Gasteiger partial charge in [0.1, 0.15) is 11.2 Å². The zero-order valence-corrected chi connectivity index (χ0v) is 30.4. The standard InChI is InChI=1S/C41H46N6O4/c1-26(2)23-34(47(42)38(49)51-40(6,7)8)29-17-20-31-33(24-29)45-46-25-32(27-13-10-9-11-14-27)35(43-36(31)46)28-15-18-30(19-16-28)41(21-12-22-41)44-37(48)50-39(3,4)5/h9-11,13-20,23-25H,1,12,21-22,42H2,2-8H3,(H,44,48)/b34-23-. The molecule has 0 aliphatic heterocycles. The number of fused-ring (bicyclic) bond motifs is 3. The number of allylic oxidation sites excluding steroid dienone is 2. The van der Waals surface area contributed by atoms with Crippen LogP contribution in [0.1, 0.15) is 78.9 Å². The highest BCUT2D eigenvalue weighted by atomic mass is 16.6. The Labute approximate surface area is 298 Å². The van der Waals surface area contributed by atoms with Crippen molar-refractivity contribution in [3.8, 4) is 22.4 Å². The number of nitrogens with two attached hydrogens (primary N) is 1. The molecular formula is C41H46N6O4. The first-order valence-corrected chi connectivity index (χ1v) is 17.2. The lowest BCUT2D eigenvalue weighted by atomic mass is 9.71. The van der Waals surface area contributed by atoms with Gasteiger partial charge in [0.05, 0.1) is 22.4 Å². The van der Waals surface area contributed by atoms with E-state index in [0.29, 0.717) is 28.0 Å². The fraction of sp³-hybridized carbons (Fsp3) is 0.317. The predicted octanol–water partition coefficient (Wildman–Crippen LogP) is 9.15. The number of alkyl carbamates (subject to hydrolysis) is 1. The minimum Gasteiger partial charge on any atom is -0.444 e. The van der Waals surface area contributed by atoms with E-state index in [-0.39, 0.29) is 0 Å². The molecule has 0 saturated heterocycles. The third-order valence-electron chi connectivity index (χ3n) is 8.67. The quantitative estimate of drug-likeness (QED) is 0.0757. The van der Waals surface area contributed by atoms with Crippen molar-refractivity contribution in [3.05, 3.63) is 108 Å². The molecule has 264 valence electrons. The molecule has 0 radical (unpaired) electrons. The van der Waals surface area contributed by atoms with Crippen molar-refractivity contribution < 1.29 is 19.1 Å². The van der Waals surface area contributed by atoms with Crippen molar-refractivity contribution in [1.82, 2.24) is 24.9 Å². The lowest BCUT2D eigenvalue weighted by molar-refractivity contribution is 0.0348. The van der Waals surface area contributed by atoms with E-state index in [1.54, 1.807) is 31.4 Å². The fourth-order valence-corrected chi connectivity index (χ4v) is 6.25.